The zero-order chi connectivity index (χ0) is 15.2. The van der Waals surface area contributed by atoms with E-state index in [1.807, 2.05) is 0 Å². The van der Waals surface area contributed by atoms with Gasteiger partial charge in [0.2, 0.25) is 0 Å². The summed E-state index contributed by atoms with van der Waals surface area (Å²) in [5, 5.41) is 1.07. The van der Waals surface area contributed by atoms with Gasteiger partial charge in [-0.05, 0) is 29.9 Å². The molecule has 1 aliphatic carbocycles. The first kappa shape index (κ1) is 14.9. The Labute approximate surface area is 133 Å². The fraction of sp³-hybridized carbons (Fsp3) is 0.438. The zero-order valence-corrected chi connectivity index (χ0v) is 13.7. The van der Waals surface area contributed by atoms with E-state index < -0.39 is 0 Å². The van der Waals surface area contributed by atoms with Gasteiger partial charge in [0.25, 0.3) is 0 Å². The van der Waals surface area contributed by atoms with Crippen LogP contribution in [0.15, 0.2) is 18.2 Å². The van der Waals surface area contributed by atoms with Crippen LogP contribution < -0.4 is 5.73 Å². The lowest BCUT2D eigenvalue weighted by Crippen LogP contribution is -2.28. The van der Waals surface area contributed by atoms with Crippen molar-refractivity contribution in [2.45, 2.75) is 39.2 Å². The minimum absolute atomic E-state index is 0.0409. The molecule has 1 aromatic heterocycles. The Morgan fingerprint density at radius 1 is 1.48 bits per heavy atom. The second kappa shape index (κ2) is 5.34. The molecule has 1 atom stereocenters. The Bertz CT molecular complexity index is 681. The van der Waals surface area contributed by atoms with Gasteiger partial charge in [0, 0.05) is 17.3 Å². The molecule has 0 aliphatic heterocycles. The lowest BCUT2D eigenvalue weighted by Gasteiger charge is -2.32. The quantitative estimate of drug-likeness (QED) is 0.883. The van der Waals surface area contributed by atoms with Crippen LogP contribution in [-0.4, -0.2) is 4.98 Å². The molecule has 0 fully saturated rings. The number of rotatable bonds is 2. The summed E-state index contributed by atoms with van der Waals surface area (Å²) in [7, 11) is 0. The van der Waals surface area contributed by atoms with Crippen LogP contribution >= 0.6 is 22.9 Å². The van der Waals surface area contributed by atoms with Crippen molar-refractivity contribution in [2.24, 2.45) is 11.1 Å². The molecule has 0 spiro atoms. The molecule has 0 bridgehead atoms. The van der Waals surface area contributed by atoms with Crippen LogP contribution in [0.4, 0.5) is 4.39 Å². The topological polar surface area (TPSA) is 38.9 Å². The van der Waals surface area contributed by atoms with Gasteiger partial charge in [-0.25, -0.2) is 9.37 Å². The van der Waals surface area contributed by atoms with Gasteiger partial charge in [-0.3, -0.25) is 0 Å². The van der Waals surface area contributed by atoms with E-state index in [-0.39, 0.29) is 22.3 Å². The highest BCUT2D eigenvalue weighted by atomic mass is 35.5. The highest BCUT2D eigenvalue weighted by Gasteiger charge is 2.33. The SMILES string of the molecule is CC1(C)Cc2nc(Cc3cccc(Cl)c3F)sc2C(N)C1. The number of nitrogens with two attached hydrogens (primary N) is 1. The van der Waals surface area contributed by atoms with E-state index in [1.165, 1.54) is 0 Å². The van der Waals surface area contributed by atoms with Crippen molar-refractivity contribution in [1.82, 2.24) is 4.98 Å². The number of halogens is 2. The smallest absolute Gasteiger partial charge is 0.145 e. The summed E-state index contributed by atoms with van der Waals surface area (Å²) in [5.74, 6) is -0.350. The van der Waals surface area contributed by atoms with E-state index in [9.17, 15) is 4.39 Å². The van der Waals surface area contributed by atoms with Crippen LogP contribution in [0.25, 0.3) is 0 Å². The van der Waals surface area contributed by atoms with Gasteiger partial charge in [-0.2, -0.15) is 0 Å². The molecule has 21 heavy (non-hydrogen) atoms. The van der Waals surface area contributed by atoms with E-state index in [0.717, 1.165) is 28.4 Å². The van der Waals surface area contributed by atoms with Gasteiger partial charge in [-0.1, -0.05) is 37.6 Å². The number of hydrogen-bond acceptors (Lipinski definition) is 3. The zero-order valence-electron chi connectivity index (χ0n) is 12.1. The number of aromatic nitrogens is 1. The fourth-order valence-electron chi connectivity index (χ4n) is 2.97. The number of fused-ring (bicyclic) bond motifs is 1. The van der Waals surface area contributed by atoms with E-state index in [2.05, 4.69) is 13.8 Å². The van der Waals surface area contributed by atoms with E-state index in [1.54, 1.807) is 29.5 Å². The molecule has 1 unspecified atom stereocenters. The molecule has 0 saturated heterocycles. The Kier molecular flexibility index (Phi) is 3.80. The summed E-state index contributed by atoms with van der Waals surface area (Å²) < 4.78 is 14.0. The normalized spacial score (nSPS) is 20.3. The minimum atomic E-state index is -0.350. The van der Waals surface area contributed by atoms with Crippen LogP contribution in [0.3, 0.4) is 0 Å². The highest BCUT2D eigenvalue weighted by molar-refractivity contribution is 7.11. The van der Waals surface area contributed by atoms with Gasteiger partial charge < -0.3 is 5.73 Å². The van der Waals surface area contributed by atoms with Crippen molar-refractivity contribution in [3.63, 3.8) is 0 Å². The van der Waals surface area contributed by atoms with Gasteiger partial charge >= 0.3 is 0 Å². The average Bonchev–Trinajstić information content (AvgIpc) is 2.76. The first-order chi connectivity index (χ1) is 9.85. The summed E-state index contributed by atoms with van der Waals surface area (Å²) >= 11 is 7.44. The molecular formula is C16H18ClFN2S. The Morgan fingerprint density at radius 2 is 2.24 bits per heavy atom. The summed E-state index contributed by atoms with van der Waals surface area (Å²) in [5.41, 5.74) is 8.11. The first-order valence-corrected chi connectivity index (χ1v) is 8.22. The van der Waals surface area contributed by atoms with Crippen molar-refractivity contribution < 1.29 is 4.39 Å². The summed E-state index contributed by atoms with van der Waals surface area (Å²) in [6.45, 7) is 4.43. The molecule has 2 aromatic rings. The molecule has 3 rings (SSSR count). The highest BCUT2D eigenvalue weighted by Crippen LogP contribution is 2.42. The number of benzene rings is 1. The van der Waals surface area contributed by atoms with Crippen LogP contribution in [0.2, 0.25) is 5.02 Å². The third-order valence-corrected chi connectivity index (χ3v) is 5.42. The second-order valence-electron chi connectivity index (χ2n) is 6.46. The van der Waals surface area contributed by atoms with Crippen molar-refractivity contribution >= 4 is 22.9 Å². The van der Waals surface area contributed by atoms with Crippen LogP contribution in [0.1, 0.15) is 47.5 Å². The Morgan fingerprint density at radius 3 is 3.00 bits per heavy atom. The number of thiazole rings is 1. The minimum Gasteiger partial charge on any atom is -0.323 e. The molecule has 1 aliphatic rings. The molecule has 0 saturated carbocycles. The maximum Gasteiger partial charge on any atom is 0.145 e. The third-order valence-electron chi connectivity index (χ3n) is 3.90. The van der Waals surface area contributed by atoms with Gasteiger partial charge in [0.15, 0.2) is 0 Å². The van der Waals surface area contributed by atoms with Crippen molar-refractivity contribution in [2.75, 3.05) is 0 Å². The monoisotopic (exact) mass is 324 g/mol. The van der Waals surface area contributed by atoms with Crippen molar-refractivity contribution in [3.8, 4) is 0 Å². The van der Waals surface area contributed by atoms with Crippen LogP contribution in [0.5, 0.6) is 0 Å². The van der Waals surface area contributed by atoms with Gasteiger partial charge in [0.05, 0.1) is 15.7 Å². The third kappa shape index (κ3) is 2.98. The molecule has 112 valence electrons. The summed E-state index contributed by atoms with van der Waals surface area (Å²) in [6.07, 6.45) is 2.37. The van der Waals surface area contributed by atoms with Crippen LogP contribution in [0, 0.1) is 11.2 Å². The van der Waals surface area contributed by atoms with E-state index in [4.69, 9.17) is 22.3 Å². The maximum absolute atomic E-state index is 14.0. The summed E-state index contributed by atoms with van der Waals surface area (Å²) in [4.78, 5) is 5.85. The molecule has 2 nitrogen and oxygen atoms in total. The lowest BCUT2D eigenvalue weighted by atomic mass is 9.77. The van der Waals surface area contributed by atoms with Gasteiger partial charge in [0.1, 0.15) is 5.82 Å². The van der Waals surface area contributed by atoms with E-state index in [0.29, 0.717) is 12.0 Å². The molecular weight excluding hydrogens is 307 g/mol. The summed E-state index contributed by atoms with van der Waals surface area (Å²) in [6, 6.07) is 5.12. The Hall–Kier alpha value is -0.970. The molecule has 0 amide bonds. The predicted octanol–water partition coefficient (Wildman–Crippen LogP) is 4.50. The average molecular weight is 325 g/mol. The molecule has 1 aromatic carbocycles. The van der Waals surface area contributed by atoms with Crippen molar-refractivity contribution in [3.05, 3.63) is 50.2 Å². The Balaban J connectivity index is 1.90. The molecule has 0 radical (unpaired) electrons. The molecule has 1 heterocycles. The fourth-order valence-corrected chi connectivity index (χ4v) is 4.27. The standard InChI is InChI=1S/C16H18ClFN2S/c1-16(2)7-11(19)15-12(8-16)20-13(21-15)6-9-4-3-5-10(17)14(9)18/h3-5,11H,6-8,19H2,1-2H3. The van der Waals surface area contributed by atoms with Crippen LogP contribution in [-0.2, 0) is 12.8 Å². The number of hydrogen-bond donors (Lipinski definition) is 1. The largest absolute Gasteiger partial charge is 0.323 e. The first-order valence-electron chi connectivity index (χ1n) is 7.03. The van der Waals surface area contributed by atoms with Gasteiger partial charge in [-0.15, -0.1) is 11.3 Å². The number of nitrogens with zero attached hydrogens (tertiary/aromatic N) is 1. The van der Waals surface area contributed by atoms with E-state index >= 15 is 0 Å². The predicted molar refractivity (Wildman–Crippen MR) is 85.4 cm³/mol. The second-order valence-corrected chi connectivity index (χ2v) is 7.98. The van der Waals surface area contributed by atoms with Crippen molar-refractivity contribution in [1.29, 1.82) is 0 Å². The lowest BCUT2D eigenvalue weighted by molar-refractivity contribution is 0.282. The molecule has 5 heteroatoms. The maximum atomic E-state index is 14.0. The molecule has 2 N–H and O–H groups in total.